The number of hydrogen-bond donors (Lipinski definition) is 3. The van der Waals surface area contributed by atoms with Gasteiger partial charge in [-0.3, -0.25) is 4.72 Å². The molecule has 1 aliphatic heterocycles. The third-order valence-electron chi connectivity index (χ3n) is 7.89. The zero-order valence-corrected chi connectivity index (χ0v) is 26.6. The zero-order valence-electron chi connectivity index (χ0n) is 24.8. The summed E-state index contributed by atoms with van der Waals surface area (Å²) in [6, 6.07) is 5.06. The summed E-state index contributed by atoms with van der Waals surface area (Å²) >= 11 is 0. The third-order valence-corrected chi connectivity index (χ3v) is 13.0. The number of aromatic hydroxyl groups is 1. The minimum atomic E-state index is -3.50. The normalized spacial score (nSPS) is 16.5. The third kappa shape index (κ3) is 12.4. The Balaban J connectivity index is 1.79. The lowest BCUT2D eigenvalue weighted by Crippen LogP contribution is -2.43. The largest absolute Gasteiger partial charge is 0.506 e. The fraction of sp³-hybridized carbons (Fsp3) is 0.759. The molecule has 9 heteroatoms. The molecule has 1 atom stereocenters. The van der Waals surface area contributed by atoms with Crippen LogP contribution < -0.4 is 10.0 Å². The lowest BCUT2D eigenvalue weighted by Gasteiger charge is -2.39. The molecular formula is C29H54N3O4SSi. The van der Waals surface area contributed by atoms with E-state index in [1.165, 1.54) is 77.1 Å². The van der Waals surface area contributed by atoms with E-state index in [2.05, 4.69) is 55.2 Å². The van der Waals surface area contributed by atoms with Gasteiger partial charge in [-0.05, 0) is 94.1 Å². The van der Waals surface area contributed by atoms with E-state index in [0.29, 0.717) is 6.54 Å². The van der Waals surface area contributed by atoms with Crippen LogP contribution in [0.25, 0.3) is 0 Å². The number of likely N-dealkylation sites (tertiary alicyclic amines) is 1. The number of nitrogens with zero attached hydrogens (tertiary/aromatic N) is 1. The lowest BCUT2D eigenvalue weighted by molar-refractivity contribution is 0.180. The van der Waals surface area contributed by atoms with Gasteiger partial charge in [0.2, 0.25) is 10.0 Å². The first-order chi connectivity index (χ1) is 17.8. The van der Waals surface area contributed by atoms with Crippen LogP contribution in [0.5, 0.6) is 5.75 Å². The van der Waals surface area contributed by atoms with E-state index in [1.54, 1.807) is 6.07 Å². The highest BCUT2D eigenvalue weighted by Crippen LogP contribution is 2.40. The van der Waals surface area contributed by atoms with Gasteiger partial charge in [0.15, 0.2) is 8.32 Å². The Bertz CT molecular complexity index is 928. The highest BCUT2D eigenvalue weighted by Gasteiger charge is 2.39. The van der Waals surface area contributed by atoms with Crippen molar-refractivity contribution in [3.05, 3.63) is 30.2 Å². The summed E-state index contributed by atoms with van der Waals surface area (Å²) in [7, 11) is -5.59. The first-order valence-electron chi connectivity index (χ1n) is 14.5. The van der Waals surface area contributed by atoms with Crippen LogP contribution in [0, 0.1) is 6.42 Å². The SMILES string of the molecule is CC(C)(C)[Si](C)(C)O[C@H](CNCCCCCCCCCN1CC[CH]CC1)c1ccc(O)c(NS(C)(=O)=O)c1. The summed E-state index contributed by atoms with van der Waals surface area (Å²) in [5.41, 5.74) is 1.04. The first kappa shape index (κ1) is 33.1. The smallest absolute Gasteiger partial charge is 0.229 e. The predicted octanol–water partition coefficient (Wildman–Crippen LogP) is 6.45. The molecular weight excluding hydrogens is 514 g/mol. The fourth-order valence-corrected chi connectivity index (χ4v) is 6.37. The number of anilines is 1. The van der Waals surface area contributed by atoms with Crippen LogP contribution >= 0.6 is 0 Å². The molecule has 0 spiro atoms. The van der Waals surface area contributed by atoms with E-state index in [9.17, 15) is 13.5 Å². The average molecular weight is 569 g/mol. The van der Waals surface area contributed by atoms with Crippen molar-refractivity contribution in [3.63, 3.8) is 0 Å². The van der Waals surface area contributed by atoms with Gasteiger partial charge in [0, 0.05) is 6.54 Å². The van der Waals surface area contributed by atoms with Crippen LogP contribution in [-0.4, -0.2) is 65.7 Å². The first-order valence-corrected chi connectivity index (χ1v) is 19.3. The van der Waals surface area contributed by atoms with Crippen molar-refractivity contribution in [3.8, 4) is 5.75 Å². The Hall–Kier alpha value is -1.13. The summed E-state index contributed by atoms with van der Waals surface area (Å²) in [6.07, 6.45) is 14.7. The van der Waals surface area contributed by atoms with Gasteiger partial charge in [-0.2, -0.15) is 0 Å². The monoisotopic (exact) mass is 568 g/mol. The second-order valence-electron chi connectivity index (χ2n) is 12.4. The second kappa shape index (κ2) is 15.6. The van der Waals surface area contributed by atoms with Crippen LogP contribution in [0.2, 0.25) is 18.1 Å². The summed E-state index contributed by atoms with van der Waals surface area (Å²) in [4.78, 5) is 2.61. The molecule has 7 nitrogen and oxygen atoms in total. The Morgan fingerprint density at radius 2 is 1.63 bits per heavy atom. The molecule has 0 unspecified atom stereocenters. The summed E-state index contributed by atoms with van der Waals surface area (Å²) in [5, 5.41) is 13.8. The summed E-state index contributed by atoms with van der Waals surface area (Å²) < 4.78 is 32.7. The van der Waals surface area contributed by atoms with Crippen LogP contribution in [0.4, 0.5) is 5.69 Å². The minimum absolute atomic E-state index is 0.0440. The number of nitrogens with one attached hydrogen (secondary N) is 2. The molecule has 3 N–H and O–H groups in total. The summed E-state index contributed by atoms with van der Waals surface area (Å²) in [5.74, 6) is -0.0941. The molecule has 1 radical (unpaired) electrons. The standard InChI is InChI=1S/C29H54N3O4SSi/c1-29(2,3)38(5,6)36-28(25-17-18-27(33)26(23-25)31-37(4,34)35)24-30-19-13-10-8-7-9-11-14-20-32-21-15-12-16-22-32/h12,17-18,23,28,30-31,33H,7-11,13-16,19-22,24H2,1-6H3/t28-/m1/s1. The van der Waals surface area contributed by atoms with Crippen LogP contribution in [-0.2, 0) is 14.4 Å². The number of piperidine rings is 1. The molecule has 0 saturated carbocycles. The maximum atomic E-state index is 11.8. The number of hydrogen-bond acceptors (Lipinski definition) is 6. The molecule has 0 amide bonds. The number of phenols is 1. The zero-order chi connectivity index (χ0) is 28.2. The van der Waals surface area contributed by atoms with Gasteiger partial charge in [0.05, 0.1) is 18.0 Å². The predicted molar refractivity (Wildman–Crippen MR) is 163 cm³/mol. The Morgan fingerprint density at radius 1 is 1.03 bits per heavy atom. The van der Waals surface area contributed by atoms with E-state index in [0.717, 1.165) is 24.8 Å². The maximum Gasteiger partial charge on any atom is 0.229 e. The van der Waals surface area contributed by atoms with Gasteiger partial charge in [-0.25, -0.2) is 8.42 Å². The Kier molecular flexibility index (Phi) is 13.6. The summed E-state index contributed by atoms with van der Waals surface area (Å²) in [6.45, 7) is 16.4. The van der Waals surface area contributed by atoms with E-state index < -0.39 is 18.3 Å². The van der Waals surface area contributed by atoms with Crippen molar-refractivity contribution >= 4 is 24.0 Å². The van der Waals surface area contributed by atoms with E-state index in [1.807, 2.05) is 6.07 Å². The van der Waals surface area contributed by atoms with Crippen molar-refractivity contribution in [2.75, 3.05) is 43.7 Å². The molecule has 1 aliphatic rings. The molecule has 1 fully saturated rings. The fourth-order valence-electron chi connectivity index (χ4n) is 4.53. The molecule has 0 aliphatic carbocycles. The highest BCUT2D eigenvalue weighted by molar-refractivity contribution is 7.92. The van der Waals surface area contributed by atoms with Crippen LogP contribution in [0.15, 0.2) is 18.2 Å². The van der Waals surface area contributed by atoms with Gasteiger partial charge in [0.25, 0.3) is 0 Å². The van der Waals surface area contributed by atoms with E-state index >= 15 is 0 Å². The highest BCUT2D eigenvalue weighted by atomic mass is 32.2. The van der Waals surface area contributed by atoms with Gasteiger partial charge in [-0.15, -0.1) is 0 Å². The Labute approximate surface area is 234 Å². The van der Waals surface area contributed by atoms with Gasteiger partial charge >= 0.3 is 0 Å². The number of sulfonamides is 1. The lowest BCUT2D eigenvalue weighted by atomic mass is 10.1. The number of phenolic OH excluding ortho intramolecular Hbond substituents is 1. The molecule has 1 heterocycles. The van der Waals surface area contributed by atoms with Crippen LogP contribution in [0.3, 0.4) is 0 Å². The van der Waals surface area contributed by atoms with Crippen LogP contribution in [0.1, 0.15) is 90.2 Å². The molecule has 219 valence electrons. The number of benzene rings is 1. The number of rotatable bonds is 17. The van der Waals surface area contributed by atoms with Crippen molar-refractivity contribution in [2.45, 2.75) is 103 Å². The molecule has 2 rings (SSSR count). The minimum Gasteiger partial charge on any atom is -0.506 e. The van der Waals surface area contributed by atoms with Crippen molar-refractivity contribution in [2.24, 2.45) is 0 Å². The van der Waals surface area contributed by atoms with E-state index in [4.69, 9.17) is 4.43 Å². The topological polar surface area (TPSA) is 90.9 Å². The average Bonchev–Trinajstić information content (AvgIpc) is 2.82. The van der Waals surface area contributed by atoms with E-state index in [-0.39, 0.29) is 22.6 Å². The van der Waals surface area contributed by atoms with Crippen molar-refractivity contribution < 1.29 is 18.0 Å². The van der Waals surface area contributed by atoms with Gasteiger partial charge < -0.3 is 19.7 Å². The number of unbranched alkanes of at least 4 members (excludes halogenated alkanes) is 6. The second-order valence-corrected chi connectivity index (χ2v) is 18.9. The van der Waals surface area contributed by atoms with Gasteiger partial charge in [0.1, 0.15) is 5.75 Å². The molecule has 0 aromatic heterocycles. The molecule has 38 heavy (non-hydrogen) atoms. The molecule has 1 aromatic carbocycles. The van der Waals surface area contributed by atoms with Gasteiger partial charge in [-0.1, -0.05) is 58.9 Å². The molecule has 1 saturated heterocycles. The molecule has 1 aromatic rings. The van der Waals surface area contributed by atoms with Crippen molar-refractivity contribution in [1.82, 2.24) is 10.2 Å². The maximum absolute atomic E-state index is 11.8. The quantitative estimate of drug-likeness (QED) is 0.114. The van der Waals surface area contributed by atoms with Crippen molar-refractivity contribution in [1.29, 1.82) is 0 Å². The molecule has 0 bridgehead atoms. The Morgan fingerprint density at radius 3 is 2.24 bits per heavy atom.